The number of anilines is 1. The molecule has 0 atom stereocenters. The van der Waals surface area contributed by atoms with Crippen molar-refractivity contribution in [3.8, 4) is 0 Å². The predicted octanol–water partition coefficient (Wildman–Crippen LogP) is 1.26. The van der Waals surface area contributed by atoms with Crippen LogP contribution in [-0.4, -0.2) is 20.9 Å². The van der Waals surface area contributed by atoms with Crippen molar-refractivity contribution in [3.63, 3.8) is 0 Å². The molecule has 1 amide bonds. The third kappa shape index (κ3) is 2.17. The Morgan fingerprint density at radius 1 is 1.25 bits per heavy atom. The van der Waals surface area contributed by atoms with E-state index in [1.807, 2.05) is 0 Å². The first kappa shape index (κ1) is 10.2. The summed E-state index contributed by atoms with van der Waals surface area (Å²) >= 11 is 0. The molecule has 16 heavy (non-hydrogen) atoms. The zero-order valence-corrected chi connectivity index (χ0v) is 8.09. The van der Waals surface area contributed by atoms with Gasteiger partial charge in [-0.25, -0.2) is 9.97 Å². The van der Waals surface area contributed by atoms with E-state index in [-0.39, 0.29) is 11.4 Å². The molecule has 0 saturated heterocycles. The summed E-state index contributed by atoms with van der Waals surface area (Å²) in [6.45, 7) is 0. The molecule has 0 unspecified atom stereocenters. The highest BCUT2D eigenvalue weighted by Crippen LogP contribution is 2.06. The largest absolute Gasteiger partial charge is 0.305 e. The number of pyridine rings is 1. The monoisotopic (exact) mass is 218 g/mol. The second-order valence-electron chi connectivity index (χ2n) is 2.89. The molecule has 0 aliphatic heterocycles. The summed E-state index contributed by atoms with van der Waals surface area (Å²) in [5.41, 5.74) is -0.131. The molecule has 80 valence electrons. The Labute approximate surface area is 90.4 Å². The second kappa shape index (κ2) is 4.43. The van der Waals surface area contributed by atoms with E-state index in [1.165, 1.54) is 36.9 Å². The summed E-state index contributed by atoms with van der Waals surface area (Å²) in [5.74, 6) is -1.16. The van der Waals surface area contributed by atoms with Gasteiger partial charge in [-0.15, -0.1) is 0 Å². The fourth-order valence-corrected chi connectivity index (χ4v) is 1.10. The van der Waals surface area contributed by atoms with Crippen LogP contribution in [-0.2, 0) is 0 Å². The fraction of sp³-hybridized carbons (Fsp3) is 0. The van der Waals surface area contributed by atoms with Crippen LogP contribution in [0.15, 0.2) is 36.9 Å². The van der Waals surface area contributed by atoms with Crippen LogP contribution in [0.1, 0.15) is 10.4 Å². The third-order valence-corrected chi connectivity index (χ3v) is 1.81. The van der Waals surface area contributed by atoms with Gasteiger partial charge in [-0.2, -0.15) is 4.39 Å². The summed E-state index contributed by atoms with van der Waals surface area (Å²) < 4.78 is 13.1. The molecule has 0 saturated carbocycles. The van der Waals surface area contributed by atoms with Crippen LogP contribution in [0.3, 0.4) is 0 Å². The molecule has 0 fully saturated rings. The summed E-state index contributed by atoms with van der Waals surface area (Å²) in [6, 6.07) is 2.82. The number of nitrogens with zero attached hydrogens (tertiary/aromatic N) is 3. The molecule has 1 N–H and O–H groups in total. The Hall–Kier alpha value is -2.37. The first-order valence-corrected chi connectivity index (χ1v) is 4.45. The number of carbonyl (C=O) groups excluding carboxylic acids is 1. The lowest BCUT2D eigenvalue weighted by atomic mass is 10.2. The maximum Gasteiger partial charge on any atom is 0.261 e. The van der Waals surface area contributed by atoms with Crippen molar-refractivity contribution in [3.05, 3.63) is 48.4 Å². The van der Waals surface area contributed by atoms with Gasteiger partial charge in [0, 0.05) is 18.6 Å². The van der Waals surface area contributed by atoms with Crippen molar-refractivity contribution in [2.75, 3.05) is 5.32 Å². The van der Waals surface area contributed by atoms with Gasteiger partial charge in [-0.3, -0.25) is 9.78 Å². The molecule has 5 nitrogen and oxygen atoms in total. The quantitative estimate of drug-likeness (QED) is 0.770. The molecule has 2 heterocycles. The topological polar surface area (TPSA) is 67.8 Å². The second-order valence-corrected chi connectivity index (χ2v) is 2.89. The lowest BCUT2D eigenvalue weighted by Crippen LogP contribution is -2.15. The summed E-state index contributed by atoms with van der Waals surface area (Å²) in [7, 11) is 0. The Bertz CT molecular complexity index is 503. The number of carbonyl (C=O) groups is 1. The highest BCUT2D eigenvalue weighted by Gasteiger charge is 2.12. The number of halogens is 1. The van der Waals surface area contributed by atoms with Crippen molar-refractivity contribution < 1.29 is 9.18 Å². The number of rotatable bonds is 2. The Balaban J connectivity index is 2.19. The predicted molar refractivity (Wildman–Crippen MR) is 54.2 cm³/mol. The lowest BCUT2D eigenvalue weighted by molar-refractivity contribution is 0.102. The number of hydrogen-bond acceptors (Lipinski definition) is 4. The minimum absolute atomic E-state index is 0.131. The Morgan fingerprint density at radius 3 is 2.81 bits per heavy atom. The van der Waals surface area contributed by atoms with Gasteiger partial charge in [0.25, 0.3) is 5.91 Å². The molecular formula is C10H7FN4O. The van der Waals surface area contributed by atoms with E-state index in [1.54, 1.807) is 0 Å². The number of hydrogen-bond donors (Lipinski definition) is 1. The van der Waals surface area contributed by atoms with Crippen LogP contribution in [0.4, 0.5) is 10.2 Å². The average Bonchev–Trinajstić information content (AvgIpc) is 2.31. The maximum atomic E-state index is 13.1. The van der Waals surface area contributed by atoms with Gasteiger partial charge >= 0.3 is 0 Å². The van der Waals surface area contributed by atoms with Crippen LogP contribution in [0, 0.1) is 5.95 Å². The molecule has 0 aromatic carbocycles. The summed E-state index contributed by atoms with van der Waals surface area (Å²) in [5, 5.41) is 2.41. The molecule has 0 aliphatic carbocycles. The Morgan fingerprint density at radius 2 is 2.12 bits per heavy atom. The molecule has 2 aromatic rings. The first-order valence-electron chi connectivity index (χ1n) is 4.45. The SMILES string of the molecule is O=C(Nc1cnccn1)c1cccnc1F. The minimum Gasteiger partial charge on any atom is -0.305 e. The molecule has 0 aliphatic rings. The molecule has 0 spiro atoms. The summed E-state index contributed by atoms with van der Waals surface area (Å²) in [4.78, 5) is 22.6. The smallest absolute Gasteiger partial charge is 0.261 e. The van der Waals surface area contributed by atoms with Crippen LogP contribution < -0.4 is 5.32 Å². The standard InChI is InChI=1S/C10H7FN4O/c11-9-7(2-1-3-14-9)10(16)15-8-6-12-4-5-13-8/h1-6H,(H,13,15,16). The molecule has 2 aromatic heterocycles. The van der Waals surface area contributed by atoms with Gasteiger partial charge in [-0.05, 0) is 12.1 Å². The van der Waals surface area contributed by atoms with Gasteiger partial charge in [0.2, 0.25) is 5.95 Å². The molecule has 2 rings (SSSR count). The van der Waals surface area contributed by atoms with Gasteiger partial charge < -0.3 is 5.32 Å². The zero-order valence-electron chi connectivity index (χ0n) is 8.09. The van der Waals surface area contributed by atoms with E-state index < -0.39 is 11.9 Å². The van der Waals surface area contributed by atoms with Gasteiger partial charge in [-0.1, -0.05) is 0 Å². The molecule has 0 bridgehead atoms. The van der Waals surface area contributed by atoms with E-state index in [2.05, 4.69) is 20.3 Å². The van der Waals surface area contributed by atoms with Crippen LogP contribution >= 0.6 is 0 Å². The number of amides is 1. The van der Waals surface area contributed by atoms with Crippen LogP contribution in [0.5, 0.6) is 0 Å². The van der Waals surface area contributed by atoms with Crippen LogP contribution in [0.2, 0.25) is 0 Å². The fourth-order valence-electron chi connectivity index (χ4n) is 1.10. The van der Waals surface area contributed by atoms with Crippen molar-refractivity contribution >= 4 is 11.7 Å². The molecular weight excluding hydrogens is 211 g/mol. The van der Waals surface area contributed by atoms with E-state index in [0.29, 0.717) is 0 Å². The third-order valence-electron chi connectivity index (χ3n) is 1.81. The Kier molecular flexibility index (Phi) is 2.81. The van der Waals surface area contributed by atoms with E-state index in [4.69, 9.17) is 0 Å². The van der Waals surface area contributed by atoms with Crippen molar-refractivity contribution in [2.24, 2.45) is 0 Å². The van der Waals surface area contributed by atoms with Crippen molar-refractivity contribution in [1.82, 2.24) is 15.0 Å². The van der Waals surface area contributed by atoms with Gasteiger partial charge in [0.1, 0.15) is 0 Å². The molecule has 0 radical (unpaired) electrons. The molecule has 6 heteroatoms. The minimum atomic E-state index is -0.816. The number of aromatic nitrogens is 3. The number of nitrogens with one attached hydrogen (secondary N) is 1. The first-order chi connectivity index (χ1) is 7.77. The van der Waals surface area contributed by atoms with E-state index >= 15 is 0 Å². The average molecular weight is 218 g/mol. The van der Waals surface area contributed by atoms with Gasteiger partial charge in [0.05, 0.1) is 11.8 Å². The van der Waals surface area contributed by atoms with Crippen molar-refractivity contribution in [2.45, 2.75) is 0 Å². The van der Waals surface area contributed by atoms with Crippen LogP contribution in [0.25, 0.3) is 0 Å². The maximum absolute atomic E-state index is 13.1. The highest BCUT2D eigenvalue weighted by atomic mass is 19.1. The summed E-state index contributed by atoms with van der Waals surface area (Å²) in [6.07, 6.45) is 5.54. The van der Waals surface area contributed by atoms with Crippen molar-refractivity contribution in [1.29, 1.82) is 0 Å². The normalized spacial score (nSPS) is 9.81. The zero-order chi connectivity index (χ0) is 11.4. The highest BCUT2D eigenvalue weighted by molar-refractivity contribution is 6.03. The van der Waals surface area contributed by atoms with Gasteiger partial charge in [0.15, 0.2) is 5.82 Å². The van der Waals surface area contributed by atoms with E-state index in [0.717, 1.165) is 0 Å². The van der Waals surface area contributed by atoms with E-state index in [9.17, 15) is 9.18 Å². The lowest BCUT2D eigenvalue weighted by Gasteiger charge is -2.03.